The highest BCUT2D eigenvalue weighted by Gasteiger charge is 2.17. The van der Waals surface area contributed by atoms with Crippen LogP contribution in [0.3, 0.4) is 0 Å². The number of aliphatic hydroxyl groups excluding tert-OH is 1. The second-order valence-corrected chi connectivity index (χ2v) is 5.99. The number of nitrogens with one attached hydrogen (secondary N) is 3. The molecule has 1 unspecified atom stereocenters. The Morgan fingerprint density at radius 3 is 2.57 bits per heavy atom. The summed E-state index contributed by atoms with van der Waals surface area (Å²) < 4.78 is 0. The topological polar surface area (TPSA) is 142 Å². The summed E-state index contributed by atoms with van der Waals surface area (Å²) in [4.78, 5) is 28.0. The molecule has 0 radical (unpaired) electrons. The number of hydrogen-bond donors (Lipinski definition) is 5. The maximum atomic E-state index is 12.2. The zero-order chi connectivity index (χ0) is 20.2. The lowest BCUT2D eigenvalue weighted by Gasteiger charge is -2.16. The molecule has 0 fully saturated rings. The lowest BCUT2D eigenvalue weighted by Crippen LogP contribution is -2.48. The lowest BCUT2D eigenvalue weighted by atomic mass is 10.1. The number of aliphatic hydroxyl groups is 1. The molecule has 0 bridgehead atoms. The standard InChI is InChI=1S/C19H24N6O3/c20-25-11-15-5-3-14(4-6-15)9-22-17(13-26)19(28)24-12-18(27)23-10-16-2-1-7-21-8-16/h1-8,11,17,22,26H,9-10,12-13,20H2,(H,23,27)(H,24,28). The van der Waals surface area contributed by atoms with E-state index in [1.165, 1.54) is 6.21 Å². The number of carbonyl (C=O) groups is 2. The number of amides is 2. The van der Waals surface area contributed by atoms with Gasteiger partial charge in [-0.2, -0.15) is 5.10 Å². The van der Waals surface area contributed by atoms with Gasteiger partial charge in [-0.15, -0.1) is 0 Å². The van der Waals surface area contributed by atoms with Gasteiger partial charge in [0.2, 0.25) is 11.8 Å². The molecule has 148 valence electrons. The third-order valence-corrected chi connectivity index (χ3v) is 3.89. The minimum atomic E-state index is -0.823. The molecule has 0 saturated heterocycles. The van der Waals surface area contributed by atoms with Crippen LogP contribution in [0.25, 0.3) is 0 Å². The van der Waals surface area contributed by atoms with Crippen molar-refractivity contribution in [3.8, 4) is 0 Å². The van der Waals surface area contributed by atoms with Gasteiger partial charge in [-0.1, -0.05) is 30.3 Å². The lowest BCUT2D eigenvalue weighted by molar-refractivity contribution is -0.128. The van der Waals surface area contributed by atoms with Gasteiger partial charge in [-0.05, 0) is 22.8 Å². The van der Waals surface area contributed by atoms with Crippen LogP contribution in [0.4, 0.5) is 0 Å². The quantitative estimate of drug-likeness (QED) is 0.207. The molecule has 1 aromatic carbocycles. The molecule has 28 heavy (non-hydrogen) atoms. The van der Waals surface area contributed by atoms with Crippen LogP contribution in [-0.2, 0) is 22.7 Å². The van der Waals surface area contributed by atoms with E-state index in [0.717, 1.165) is 16.7 Å². The predicted molar refractivity (Wildman–Crippen MR) is 105 cm³/mol. The molecule has 0 aliphatic rings. The molecule has 2 aromatic rings. The molecular weight excluding hydrogens is 360 g/mol. The number of hydrazone groups is 1. The van der Waals surface area contributed by atoms with Crippen molar-refractivity contribution in [2.24, 2.45) is 10.9 Å². The molecular formula is C19H24N6O3. The van der Waals surface area contributed by atoms with E-state index in [0.29, 0.717) is 13.1 Å². The van der Waals surface area contributed by atoms with Crippen LogP contribution in [0.5, 0.6) is 0 Å². The van der Waals surface area contributed by atoms with Gasteiger partial charge in [0.25, 0.3) is 0 Å². The van der Waals surface area contributed by atoms with Crippen LogP contribution in [0.15, 0.2) is 53.9 Å². The molecule has 1 atom stereocenters. The van der Waals surface area contributed by atoms with E-state index in [9.17, 15) is 14.7 Å². The Bertz CT molecular complexity index is 780. The first-order chi connectivity index (χ1) is 13.6. The molecule has 1 aromatic heterocycles. The molecule has 0 aliphatic carbocycles. The fourth-order valence-electron chi connectivity index (χ4n) is 2.35. The number of rotatable bonds is 10. The second-order valence-electron chi connectivity index (χ2n) is 5.99. The molecule has 0 aliphatic heterocycles. The SMILES string of the molecule is NN=Cc1ccc(CNC(CO)C(=O)NCC(=O)NCc2cccnc2)cc1. The molecule has 9 nitrogen and oxygen atoms in total. The van der Waals surface area contributed by atoms with E-state index in [1.807, 2.05) is 30.3 Å². The Hall–Kier alpha value is -3.30. The number of nitrogens with two attached hydrogens (primary N) is 1. The monoisotopic (exact) mass is 384 g/mol. The number of pyridine rings is 1. The summed E-state index contributed by atoms with van der Waals surface area (Å²) in [5, 5.41) is 21.1. The largest absolute Gasteiger partial charge is 0.394 e. The van der Waals surface area contributed by atoms with Crippen molar-refractivity contribution in [2.75, 3.05) is 13.2 Å². The van der Waals surface area contributed by atoms with Crippen LogP contribution in [0.1, 0.15) is 16.7 Å². The maximum absolute atomic E-state index is 12.2. The fraction of sp³-hybridized carbons (Fsp3) is 0.263. The highest BCUT2D eigenvalue weighted by atomic mass is 16.3. The van der Waals surface area contributed by atoms with Crippen LogP contribution < -0.4 is 21.8 Å². The summed E-state index contributed by atoms with van der Waals surface area (Å²) in [6.45, 7) is 0.145. The Labute approximate surface area is 163 Å². The summed E-state index contributed by atoms with van der Waals surface area (Å²) in [5.74, 6) is 4.32. The van der Waals surface area contributed by atoms with Crippen LogP contribution in [-0.4, -0.2) is 47.3 Å². The first-order valence-electron chi connectivity index (χ1n) is 8.72. The molecule has 0 spiro atoms. The van der Waals surface area contributed by atoms with E-state index in [-0.39, 0.29) is 19.1 Å². The van der Waals surface area contributed by atoms with Gasteiger partial charge in [0.05, 0.1) is 19.4 Å². The van der Waals surface area contributed by atoms with E-state index in [4.69, 9.17) is 5.84 Å². The van der Waals surface area contributed by atoms with Crippen molar-refractivity contribution in [3.63, 3.8) is 0 Å². The van der Waals surface area contributed by atoms with Crippen molar-refractivity contribution in [1.82, 2.24) is 20.9 Å². The number of hydrogen-bond acceptors (Lipinski definition) is 7. The van der Waals surface area contributed by atoms with E-state index < -0.39 is 11.9 Å². The van der Waals surface area contributed by atoms with Crippen LogP contribution in [0, 0.1) is 0 Å². The molecule has 6 N–H and O–H groups in total. The second kappa shape index (κ2) is 11.4. The highest BCUT2D eigenvalue weighted by molar-refractivity contribution is 5.87. The van der Waals surface area contributed by atoms with E-state index >= 15 is 0 Å². The molecule has 2 rings (SSSR count). The average Bonchev–Trinajstić information content (AvgIpc) is 2.73. The number of aromatic nitrogens is 1. The summed E-state index contributed by atoms with van der Waals surface area (Å²) in [6.07, 6.45) is 4.83. The van der Waals surface area contributed by atoms with Crippen molar-refractivity contribution in [1.29, 1.82) is 0 Å². The highest BCUT2D eigenvalue weighted by Crippen LogP contribution is 2.03. The van der Waals surface area contributed by atoms with Crippen LogP contribution >= 0.6 is 0 Å². The van der Waals surface area contributed by atoms with Crippen molar-refractivity contribution in [3.05, 3.63) is 65.5 Å². The normalized spacial score (nSPS) is 11.9. The van der Waals surface area contributed by atoms with E-state index in [1.54, 1.807) is 18.5 Å². The number of carbonyl (C=O) groups excluding carboxylic acids is 2. The third-order valence-electron chi connectivity index (χ3n) is 3.89. The minimum Gasteiger partial charge on any atom is -0.394 e. The van der Waals surface area contributed by atoms with Gasteiger partial charge in [0.15, 0.2) is 0 Å². The zero-order valence-electron chi connectivity index (χ0n) is 15.3. The molecule has 0 saturated carbocycles. The average molecular weight is 384 g/mol. The first-order valence-corrected chi connectivity index (χ1v) is 8.72. The number of nitrogens with zero attached hydrogens (tertiary/aromatic N) is 2. The Morgan fingerprint density at radius 1 is 1.14 bits per heavy atom. The van der Waals surface area contributed by atoms with Crippen molar-refractivity contribution >= 4 is 18.0 Å². The van der Waals surface area contributed by atoms with Gasteiger partial charge in [-0.25, -0.2) is 0 Å². The molecule has 1 heterocycles. The zero-order valence-corrected chi connectivity index (χ0v) is 15.3. The van der Waals surface area contributed by atoms with Gasteiger partial charge in [-0.3, -0.25) is 19.9 Å². The van der Waals surface area contributed by atoms with Gasteiger partial charge < -0.3 is 21.6 Å². The maximum Gasteiger partial charge on any atom is 0.239 e. The Balaban J connectivity index is 1.73. The summed E-state index contributed by atoms with van der Waals surface area (Å²) in [7, 11) is 0. The van der Waals surface area contributed by atoms with Gasteiger partial charge in [0.1, 0.15) is 6.04 Å². The fourth-order valence-corrected chi connectivity index (χ4v) is 2.35. The van der Waals surface area contributed by atoms with Crippen molar-refractivity contribution in [2.45, 2.75) is 19.1 Å². The Morgan fingerprint density at radius 2 is 1.93 bits per heavy atom. The van der Waals surface area contributed by atoms with E-state index in [2.05, 4.69) is 26.0 Å². The van der Waals surface area contributed by atoms with Gasteiger partial charge >= 0.3 is 0 Å². The minimum absolute atomic E-state index is 0.176. The third kappa shape index (κ3) is 7.14. The summed E-state index contributed by atoms with van der Waals surface area (Å²) >= 11 is 0. The molecule has 9 heteroatoms. The van der Waals surface area contributed by atoms with Gasteiger partial charge in [0, 0.05) is 25.5 Å². The Kier molecular flexibility index (Phi) is 8.57. The smallest absolute Gasteiger partial charge is 0.239 e. The van der Waals surface area contributed by atoms with Crippen molar-refractivity contribution < 1.29 is 14.7 Å². The summed E-state index contributed by atoms with van der Waals surface area (Å²) in [5.41, 5.74) is 2.65. The van der Waals surface area contributed by atoms with Crippen LogP contribution in [0.2, 0.25) is 0 Å². The first kappa shape index (κ1) is 21.0. The molecule has 2 amide bonds. The number of benzene rings is 1. The summed E-state index contributed by atoms with van der Waals surface area (Å²) in [6, 6.07) is 10.2. The predicted octanol–water partition coefficient (Wildman–Crippen LogP) is -0.743.